The summed E-state index contributed by atoms with van der Waals surface area (Å²) in [6, 6.07) is 6.11. The maximum Gasteiger partial charge on any atom is 0.237 e. The number of amides is 1. The lowest BCUT2D eigenvalue weighted by Crippen LogP contribution is -2.42. The number of hydrogen-bond donors (Lipinski definition) is 2. The van der Waals surface area contributed by atoms with E-state index in [0.29, 0.717) is 12.6 Å². The Morgan fingerprint density at radius 3 is 2.85 bits per heavy atom. The SMILES string of the molecule is CC(NC1CC1)C(=O)NCc1ccc2c(c1)OCO2.Cl. The van der Waals surface area contributed by atoms with E-state index in [4.69, 9.17) is 9.47 Å². The van der Waals surface area contributed by atoms with E-state index in [1.807, 2.05) is 25.1 Å². The second-order valence-corrected chi connectivity index (χ2v) is 5.07. The Morgan fingerprint density at radius 2 is 2.10 bits per heavy atom. The second kappa shape index (κ2) is 6.33. The molecule has 1 amide bonds. The van der Waals surface area contributed by atoms with Gasteiger partial charge in [-0.25, -0.2) is 0 Å². The predicted molar refractivity (Wildman–Crippen MR) is 77.3 cm³/mol. The molecule has 2 aliphatic rings. The van der Waals surface area contributed by atoms with Crippen molar-refractivity contribution in [3.63, 3.8) is 0 Å². The minimum absolute atomic E-state index is 0. The highest BCUT2D eigenvalue weighted by atomic mass is 35.5. The number of benzene rings is 1. The Morgan fingerprint density at radius 1 is 1.35 bits per heavy atom. The average Bonchev–Trinajstić information content (AvgIpc) is 3.10. The van der Waals surface area contributed by atoms with Crippen LogP contribution < -0.4 is 20.1 Å². The number of halogens is 1. The molecule has 0 saturated heterocycles. The molecule has 6 heteroatoms. The van der Waals surface area contributed by atoms with Gasteiger partial charge in [0, 0.05) is 12.6 Å². The van der Waals surface area contributed by atoms with E-state index in [1.165, 1.54) is 12.8 Å². The molecular weight excluding hydrogens is 280 g/mol. The van der Waals surface area contributed by atoms with Crippen molar-refractivity contribution in [1.82, 2.24) is 10.6 Å². The molecule has 1 fully saturated rings. The fourth-order valence-corrected chi connectivity index (χ4v) is 2.07. The summed E-state index contributed by atoms with van der Waals surface area (Å²) in [6.07, 6.45) is 2.36. The van der Waals surface area contributed by atoms with Gasteiger partial charge >= 0.3 is 0 Å². The second-order valence-electron chi connectivity index (χ2n) is 5.07. The molecule has 1 heterocycles. The summed E-state index contributed by atoms with van der Waals surface area (Å²) in [6.45, 7) is 2.67. The molecule has 0 radical (unpaired) electrons. The summed E-state index contributed by atoms with van der Waals surface area (Å²) < 4.78 is 10.6. The molecule has 1 saturated carbocycles. The van der Waals surface area contributed by atoms with Gasteiger partial charge in [-0.3, -0.25) is 4.79 Å². The van der Waals surface area contributed by atoms with Crippen molar-refractivity contribution in [2.24, 2.45) is 0 Å². The van der Waals surface area contributed by atoms with Crippen LogP contribution in [0.5, 0.6) is 11.5 Å². The monoisotopic (exact) mass is 298 g/mol. The van der Waals surface area contributed by atoms with Gasteiger partial charge in [-0.2, -0.15) is 0 Å². The van der Waals surface area contributed by atoms with Crippen molar-refractivity contribution < 1.29 is 14.3 Å². The molecule has 20 heavy (non-hydrogen) atoms. The summed E-state index contributed by atoms with van der Waals surface area (Å²) in [7, 11) is 0. The van der Waals surface area contributed by atoms with Crippen molar-refractivity contribution in [3.8, 4) is 11.5 Å². The van der Waals surface area contributed by atoms with Crippen LogP contribution in [0.4, 0.5) is 0 Å². The number of rotatable bonds is 5. The molecule has 1 aliphatic carbocycles. The standard InChI is InChI=1S/C14H18N2O3.ClH/c1-9(16-11-3-4-11)14(17)15-7-10-2-5-12-13(6-10)19-8-18-12;/h2,5-6,9,11,16H,3-4,7-8H2,1H3,(H,15,17);1H. The Balaban J connectivity index is 0.00000147. The Hall–Kier alpha value is -1.46. The normalized spacial score (nSPS) is 17.2. The van der Waals surface area contributed by atoms with Crippen LogP contribution >= 0.6 is 12.4 Å². The van der Waals surface area contributed by atoms with Crippen LogP contribution in [0, 0.1) is 0 Å². The first-order chi connectivity index (χ1) is 9.22. The van der Waals surface area contributed by atoms with Crippen LogP contribution in [-0.4, -0.2) is 24.8 Å². The van der Waals surface area contributed by atoms with E-state index >= 15 is 0 Å². The van der Waals surface area contributed by atoms with Gasteiger partial charge in [-0.1, -0.05) is 6.07 Å². The maximum atomic E-state index is 11.9. The van der Waals surface area contributed by atoms with E-state index < -0.39 is 0 Å². The number of hydrogen-bond acceptors (Lipinski definition) is 4. The van der Waals surface area contributed by atoms with E-state index in [0.717, 1.165) is 17.1 Å². The summed E-state index contributed by atoms with van der Waals surface area (Å²) >= 11 is 0. The average molecular weight is 299 g/mol. The third-order valence-electron chi connectivity index (χ3n) is 3.36. The van der Waals surface area contributed by atoms with Crippen molar-refractivity contribution in [2.45, 2.75) is 38.4 Å². The van der Waals surface area contributed by atoms with Gasteiger partial charge in [0.15, 0.2) is 11.5 Å². The summed E-state index contributed by atoms with van der Waals surface area (Å²) in [4.78, 5) is 11.9. The highest BCUT2D eigenvalue weighted by Crippen LogP contribution is 2.32. The molecule has 1 atom stereocenters. The number of ether oxygens (including phenoxy) is 2. The molecule has 1 aromatic carbocycles. The summed E-state index contributed by atoms with van der Waals surface area (Å²) in [5, 5.41) is 6.20. The minimum atomic E-state index is -0.137. The molecule has 1 unspecified atom stereocenters. The molecular formula is C14H19ClN2O3. The van der Waals surface area contributed by atoms with Gasteiger partial charge in [0.25, 0.3) is 0 Å². The Bertz CT molecular complexity index is 491. The van der Waals surface area contributed by atoms with Crippen LogP contribution in [0.1, 0.15) is 25.3 Å². The smallest absolute Gasteiger partial charge is 0.237 e. The topological polar surface area (TPSA) is 59.6 Å². The van der Waals surface area contributed by atoms with E-state index in [2.05, 4.69) is 10.6 Å². The largest absolute Gasteiger partial charge is 0.454 e. The first-order valence-corrected chi connectivity index (χ1v) is 6.64. The minimum Gasteiger partial charge on any atom is -0.454 e. The van der Waals surface area contributed by atoms with Crippen molar-refractivity contribution in [3.05, 3.63) is 23.8 Å². The zero-order valence-corrected chi connectivity index (χ0v) is 12.2. The van der Waals surface area contributed by atoms with Gasteiger partial charge in [0.05, 0.1) is 6.04 Å². The third-order valence-corrected chi connectivity index (χ3v) is 3.36. The number of carbonyl (C=O) groups is 1. The zero-order chi connectivity index (χ0) is 13.2. The molecule has 0 spiro atoms. The number of nitrogens with one attached hydrogen (secondary N) is 2. The van der Waals surface area contributed by atoms with Gasteiger partial charge in [0.2, 0.25) is 12.7 Å². The fraction of sp³-hybridized carbons (Fsp3) is 0.500. The number of carbonyl (C=O) groups excluding carboxylic acids is 1. The van der Waals surface area contributed by atoms with E-state index in [9.17, 15) is 4.79 Å². The van der Waals surface area contributed by atoms with E-state index in [-0.39, 0.29) is 31.1 Å². The third kappa shape index (κ3) is 3.55. The summed E-state index contributed by atoms with van der Waals surface area (Å²) in [5.41, 5.74) is 1.01. The predicted octanol–water partition coefficient (Wildman–Crippen LogP) is 1.59. The van der Waals surface area contributed by atoms with E-state index in [1.54, 1.807) is 0 Å². The van der Waals surface area contributed by atoms with Crippen LogP contribution in [0.15, 0.2) is 18.2 Å². The molecule has 2 N–H and O–H groups in total. The van der Waals surface area contributed by atoms with Crippen molar-refractivity contribution in [1.29, 1.82) is 0 Å². The highest BCUT2D eigenvalue weighted by molar-refractivity contribution is 5.85. The van der Waals surface area contributed by atoms with Gasteiger partial charge in [-0.05, 0) is 37.5 Å². The van der Waals surface area contributed by atoms with Crippen molar-refractivity contribution >= 4 is 18.3 Å². The van der Waals surface area contributed by atoms with Crippen LogP contribution in [-0.2, 0) is 11.3 Å². The van der Waals surface area contributed by atoms with Crippen LogP contribution in [0.3, 0.4) is 0 Å². The quantitative estimate of drug-likeness (QED) is 0.867. The Kier molecular flexibility index (Phi) is 4.73. The maximum absolute atomic E-state index is 11.9. The van der Waals surface area contributed by atoms with Gasteiger partial charge in [0.1, 0.15) is 0 Å². The zero-order valence-electron chi connectivity index (χ0n) is 11.3. The molecule has 0 bridgehead atoms. The molecule has 5 nitrogen and oxygen atoms in total. The Labute approximate surface area is 124 Å². The molecule has 1 aliphatic heterocycles. The molecule has 1 aromatic rings. The first kappa shape index (κ1) is 14.9. The summed E-state index contributed by atoms with van der Waals surface area (Å²) in [5.74, 6) is 1.54. The fourth-order valence-electron chi connectivity index (χ4n) is 2.07. The molecule has 3 rings (SSSR count). The van der Waals surface area contributed by atoms with Gasteiger partial charge < -0.3 is 20.1 Å². The lowest BCUT2D eigenvalue weighted by molar-refractivity contribution is -0.122. The number of fused-ring (bicyclic) bond motifs is 1. The lowest BCUT2D eigenvalue weighted by atomic mass is 10.2. The highest BCUT2D eigenvalue weighted by Gasteiger charge is 2.25. The van der Waals surface area contributed by atoms with Crippen molar-refractivity contribution in [2.75, 3.05) is 6.79 Å². The molecule has 0 aromatic heterocycles. The van der Waals surface area contributed by atoms with Crippen LogP contribution in [0.25, 0.3) is 0 Å². The lowest BCUT2D eigenvalue weighted by Gasteiger charge is -2.13. The van der Waals surface area contributed by atoms with Crippen LogP contribution in [0.2, 0.25) is 0 Å². The molecule has 110 valence electrons. The van der Waals surface area contributed by atoms with Gasteiger partial charge in [-0.15, -0.1) is 12.4 Å². The first-order valence-electron chi connectivity index (χ1n) is 6.64.